The molecule has 0 spiro atoms. The van der Waals surface area contributed by atoms with Crippen LogP contribution in [0.1, 0.15) is 5.56 Å². The van der Waals surface area contributed by atoms with E-state index in [9.17, 15) is 5.11 Å². The average Bonchev–Trinajstić information content (AvgIpc) is 2.35. The van der Waals surface area contributed by atoms with Crippen LogP contribution in [-0.4, -0.2) is 60.2 Å². The lowest BCUT2D eigenvalue weighted by Gasteiger charge is -2.43. The van der Waals surface area contributed by atoms with Gasteiger partial charge in [0.05, 0.1) is 5.02 Å². The second-order valence-corrected chi connectivity index (χ2v) is 6.36. The summed E-state index contributed by atoms with van der Waals surface area (Å²) < 4.78 is 0. The van der Waals surface area contributed by atoms with Crippen molar-refractivity contribution in [2.45, 2.75) is 12.6 Å². The van der Waals surface area contributed by atoms with Crippen molar-refractivity contribution in [3.63, 3.8) is 0 Å². The molecule has 2 aliphatic heterocycles. The van der Waals surface area contributed by atoms with Gasteiger partial charge in [-0.05, 0) is 12.1 Å². The first-order valence-electron chi connectivity index (χ1n) is 6.97. The van der Waals surface area contributed by atoms with Gasteiger partial charge in [0, 0.05) is 62.4 Å². The molecule has 0 bridgehead atoms. The highest BCUT2D eigenvalue weighted by Gasteiger charge is 2.27. The van der Waals surface area contributed by atoms with E-state index < -0.39 is 0 Å². The van der Waals surface area contributed by atoms with Gasteiger partial charge in [-0.25, -0.2) is 0 Å². The van der Waals surface area contributed by atoms with E-state index in [1.807, 2.05) is 0 Å². The lowest BCUT2D eigenvalue weighted by molar-refractivity contribution is 0.0692. The lowest BCUT2D eigenvalue weighted by Crippen LogP contribution is -2.61. The summed E-state index contributed by atoms with van der Waals surface area (Å²) >= 11 is 12.0. The molecule has 2 fully saturated rings. The van der Waals surface area contributed by atoms with Crippen molar-refractivity contribution in [3.05, 3.63) is 27.7 Å². The van der Waals surface area contributed by atoms with Crippen molar-refractivity contribution in [1.82, 2.24) is 15.1 Å². The topological polar surface area (TPSA) is 38.7 Å². The number of benzene rings is 1. The minimum Gasteiger partial charge on any atom is -0.506 e. The van der Waals surface area contributed by atoms with Gasteiger partial charge in [-0.1, -0.05) is 23.2 Å². The zero-order chi connectivity index (χ0) is 14.1. The maximum atomic E-state index is 10.0. The fourth-order valence-corrected chi connectivity index (χ4v) is 3.33. The maximum absolute atomic E-state index is 10.0. The third-order valence-electron chi connectivity index (χ3n) is 4.18. The molecule has 0 amide bonds. The van der Waals surface area contributed by atoms with E-state index in [4.69, 9.17) is 23.2 Å². The highest BCUT2D eigenvalue weighted by molar-refractivity contribution is 6.35. The van der Waals surface area contributed by atoms with Gasteiger partial charge in [-0.15, -0.1) is 0 Å². The van der Waals surface area contributed by atoms with Crippen molar-refractivity contribution >= 4 is 23.2 Å². The van der Waals surface area contributed by atoms with Crippen molar-refractivity contribution < 1.29 is 5.11 Å². The number of phenols is 1. The minimum atomic E-state index is 0.154. The van der Waals surface area contributed by atoms with E-state index in [-0.39, 0.29) is 5.75 Å². The molecule has 1 aromatic rings. The highest BCUT2D eigenvalue weighted by atomic mass is 35.5. The number of rotatable bonds is 3. The van der Waals surface area contributed by atoms with Gasteiger partial charge in [-0.3, -0.25) is 9.80 Å². The Bertz CT molecular complexity index is 486. The number of nitrogens with zero attached hydrogens (tertiary/aromatic N) is 2. The molecule has 4 nitrogen and oxygen atoms in total. The number of hydrogen-bond donors (Lipinski definition) is 2. The molecule has 0 atom stereocenters. The minimum absolute atomic E-state index is 0.154. The molecule has 1 aromatic carbocycles. The Labute approximate surface area is 129 Å². The second kappa shape index (κ2) is 6.08. The number of hydrogen-bond acceptors (Lipinski definition) is 4. The SMILES string of the molecule is Oc1c(Cl)cc(Cl)cc1CN1CCN(C2CNC2)CC1. The van der Waals surface area contributed by atoms with Crippen molar-refractivity contribution in [2.24, 2.45) is 0 Å². The van der Waals surface area contributed by atoms with Gasteiger partial charge in [-0.2, -0.15) is 0 Å². The van der Waals surface area contributed by atoms with Crippen LogP contribution in [0.25, 0.3) is 0 Å². The summed E-state index contributed by atoms with van der Waals surface area (Å²) in [6.07, 6.45) is 0. The number of phenolic OH excluding ortho intramolecular Hbond substituents is 1. The maximum Gasteiger partial charge on any atom is 0.138 e. The van der Waals surface area contributed by atoms with Gasteiger partial charge in [0.15, 0.2) is 0 Å². The second-order valence-electron chi connectivity index (χ2n) is 5.52. The molecule has 2 N–H and O–H groups in total. The van der Waals surface area contributed by atoms with Gasteiger partial charge in [0.25, 0.3) is 0 Å². The van der Waals surface area contributed by atoms with Crippen molar-refractivity contribution in [3.8, 4) is 5.75 Å². The largest absolute Gasteiger partial charge is 0.506 e. The molecule has 20 heavy (non-hydrogen) atoms. The molecule has 0 unspecified atom stereocenters. The van der Waals surface area contributed by atoms with Crippen molar-refractivity contribution in [1.29, 1.82) is 0 Å². The van der Waals surface area contributed by atoms with Gasteiger partial charge in [0.1, 0.15) is 5.75 Å². The Kier molecular flexibility index (Phi) is 4.38. The van der Waals surface area contributed by atoms with Crippen LogP contribution in [0.4, 0.5) is 0 Å². The molecule has 110 valence electrons. The third kappa shape index (κ3) is 3.05. The summed E-state index contributed by atoms with van der Waals surface area (Å²) in [5.41, 5.74) is 0.807. The first-order chi connectivity index (χ1) is 9.63. The summed E-state index contributed by atoms with van der Waals surface area (Å²) in [5, 5.41) is 14.2. The summed E-state index contributed by atoms with van der Waals surface area (Å²) in [4.78, 5) is 4.88. The number of piperazine rings is 1. The molecular formula is C14H19Cl2N3O. The highest BCUT2D eigenvalue weighted by Crippen LogP contribution is 2.32. The van der Waals surface area contributed by atoms with E-state index >= 15 is 0 Å². The van der Waals surface area contributed by atoms with E-state index in [2.05, 4.69) is 15.1 Å². The zero-order valence-corrected chi connectivity index (χ0v) is 12.8. The Balaban J connectivity index is 1.59. The smallest absolute Gasteiger partial charge is 0.138 e. The third-order valence-corrected chi connectivity index (χ3v) is 4.69. The Morgan fingerprint density at radius 3 is 2.45 bits per heavy atom. The lowest BCUT2D eigenvalue weighted by atomic mass is 10.1. The average molecular weight is 316 g/mol. The fourth-order valence-electron chi connectivity index (χ4n) is 2.80. The summed E-state index contributed by atoms with van der Waals surface area (Å²) in [6, 6.07) is 4.08. The number of nitrogens with one attached hydrogen (secondary N) is 1. The monoisotopic (exact) mass is 315 g/mol. The summed E-state index contributed by atoms with van der Waals surface area (Å²) in [7, 11) is 0. The molecule has 2 aliphatic rings. The normalized spacial score (nSPS) is 21.9. The van der Waals surface area contributed by atoms with E-state index in [1.54, 1.807) is 12.1 Å². The standard InChI is InChI=1S/C14H19Cl2N3O/c15-11-5-10(14(20)13(16)6-11)9-18-1-3-19(4-2-18)12-7-17-8-12/h5-6,12,17,20H,1-4,7-9H2. The molecule has 2 heterocycles. The van der Waals surface area contributed by atoms with Crippen LogP contribution in [-0.2, 0) is 6.54 Å². The molecule has 0 aromatic heterocycles. The first kappa shape index (κ1) is 14.4. The fraction of sp³-hybridized carbons (Fsp3) is 0.571. The van der Waals surface area contributed by atoms with Gasteiger partial charge in [0.2, 0.25) is 0 Å². The van der Waals surface area contributed by atoms with Crippen LogP contribution in [0.15, 0.2) is 12.1 Å². The number of halogens is 2. The quantitative estimate of drug-likeness (QED) is 0.892. The molecule has 6 heteroatoms. The van der Waals surface area contributed by atoms with Crippen LogP contribution in [0, 0.1) is 0 Å². The molecule has 0 radical (unpaired) electrons. The van der Waals surface area contributed by atoms with E-state index in [0.29, 0.717) is 22.6 Å². The zero-order valence-electron chi connectivity index (χ0n) is 11.3. The van der Waals surface area contributed by atoms with Crippen LogP contribution >= 0.6 is 23.2 Å². The molecule has 0 saturated carbocycles. The summed E-state index contributed by atoms with van der Waals surface area (Å²) in [6.45, 7) is 7.13. The molecule has 2 saturated heterocycles. The van der Waals surface area contributed by atoms with Crippen LogP contribution in [0.2, 0.25) is 10.0 Å². The predicted octanol–water partition coefficient (Wildman–Crippen LogP) is 1.79. The Hall–Kier alpha value is -0.520. The first-order valence-corrected chi connectivity index (χ1v) is 7.73. The summed E-state index contributed by atoms with van der Waals surface area (Å²) in [5.74, 6) is 0.154. The number of aromatic hydroxyl groups is 1. The van der Waals surface area contributed by atoms with Crippen LogP contribution in [0.5, 0.6) is 5.75 Å². The van der Waals surface area contributed by atoms with E-state index in [0.717, 1.165) is 44.8 Å². The van der Waals surface area contributed by atoms with E-state index in [1.165, 1.54) is 0 Å². The van der Waals surface area contributed by atoms with Crippen LogP contribution in [0.3, 0.4) is 0 Å². The van der Waals surface area contributed by atoms with Crippen LogP contribution < -0.4 is 5.32 Å². The van der Waals surface area contributed by atoms with Gasteiger partial charge < -0.3 is 10.4 Å². The van der Waals surface area contributed by atoms with Gasteiger partial charge >= 0.3 is 0 Å². The Morgan fingerprint density at radius 1 is 1.15 bits per heavy atom. The molecule has 3 rings (SSSR count). The Morgan fingerprint density at radius 2 is 1.85 bits per heavy atom. The predicted molar refractivity (Wildman–Crippen MR) is 81.6 cm³/mol. The molecular weight excluding hydrogens is 297 g/mol. The van der Waals surface area contributed by atoms with Crippen molar-refractivity contribution in [2.75, 3.05) is 39.3 Å². The molecule has 0 aliphatic carbocycles.